The molecule has 0 aliphatic rings. The highest BCUT2D eigenvalue weighted by atomic mass is 15.3. The Hall–Kier alpha value is -1.75. The quantitative estimate of drug-likeness (QED) is 0.857. The largest absolute Gasteiger partial charge is 0.310 e. The van der Waals surface area contributed by atoms with E-state index < -0.39 is 0 Å². The molecule has 2 rings (SSSR count). The number of hydrogen-bond donors (Lipinski definition) is 1. The van der Waals surface area contributed by atoms with Gasteiger partial charge in [-0.1, -0.05) is 13.8 Å². The van der Waals surface area contributed by atoms with Crippen LogP contribution in [-0.4, -0.2) is 26.3 Å². The summed E-state index contributed by atoms with van der Waals surface area (Å²) in [6.07, 6.45) is 7.17. The Kier molecular flexibility index (Phi) is 4.63. The van der Waals surface area contributed by atoms with Crippen LogP contribution in [0.2, 0.25) is 0 Å². The number of aryl methyl sites for hydroxylation is 2. The van der Waals surface area contributed by atoms with E-state index in [9.17, 15) is 0 Å². The van der Waals surface area contributed by atoms with Crippen LogP contribution >= 0.6 is 0 Å². The van der Waals surface area contributed by atoms with Crippen LogP contribution in [0.4, 0.5) is 0 Å². The minimum Gasteiger partial charge on any atom is -0.310 e. The Bertz CT molecular complexity index is 506. The summed E-state index contributed by atoms with van der Waals surface area (Å²) in [7, 11) is 2.00. The number of aromatic nitrogens is 4. The maximum absolute atomic E-state index is 4.49. The standard InChI is InChI=1S/C14H21N5/c1-4-12-6-13(19(3)18-12)7-14(17-5-2)11-8-15-10-16-9-11/h6,8-10,14,17H,4-5,7H2,1-3H3. The zero-order valence-electron chi connectivity index (χ0n) is 11.8. The van der Waals surface area contributed by atoms with Crippen molar-refractivity contribution in [1.82, 2.24) is 25.1 Å². The maximum atomic E-state index is 4.49. The van der Waals surface area contributed by atoms with Crippen molar-refractivity contribution < 1.29 is 0 Å². The summed E-state index contributed by atoms with van der Waals surface area (Å²) >= 11 is 0. The summed E-state index contributed by atoms with van der Waals surface area (Å²) in [5, 5.41) is 7.97. The molecule has 2 aromatic heterocycles. The van der Waals surface area contributed by atoms with E-state index in [0.29, 0.717) is 0 Å². The first-order valence-electron chi connectivity index (χ1n) is 6.74. The van der Waals surface area contributed by atoms with Crippen molar-refractivity contribution in [2.24, 2.45) is 7.05 Å². The predicted molar refractivity (Wildman–Crippen MR) is 74.7 cm³/mol. The van der Waals surface area contributed by atoms with E-state index in [2.05, 4.69) is 40.3 Å². The molecule has 102 valence electrons. The summed E-state index contributed by atoms with van der Waals surface area (Å²) in [5.74, 6) is 0. The van der Waals surface area contributed by atoms with Gasteiger partial charge in [-0.3, -0.25) is 4.68 Å². The molecule has 2 heterocycles. The topological polar surface area (TPSA) is 55.6 Å². The van der Waals surface area contributed by atoms with Gasteiger partial charge in [0.15, 0.2) is 0 Å². The third-order valence-corrected chi connectivity index (χ3v) is 3.24. The van der Waals surface area contributed by atoms with Gasteiger partial charge in [-0.2, -0.15) is 5.10 Å². The molecule has 0 saturated heterocycles. The molecule has 0 aromatic carbocycles. The molecule has 0 spiro atoms. The summed E-state index contributed by atoms with van der Waals surface area (Å²) in [6, 6.07) is 2.40. The van der Waals surface area contributed by atoms with Gasteiger partial charge < -0.3 is 5.32 Å². The van der Waals surface area contributed by atoms with Gasteiger partial charge in [-0.15, -0.1) is 0 Å². The molecule has 1 N–H and O–H groups in total. The van der Waals surface area contributed by atoms with Crippen LogP contribution in [0.5, 0.6) is 0 Å². The van der Waals surface area contributed by atoms with Gasteiger partial charge in [0, 0.05) is 43.2 Å². The van der Waals surface area contributed by atoms with Gasteiger partial charge in [0.05, 0.1) is 5.69 Å². The lowest BCUT2D eigenvalue weighted by Gasteiger charge is -2.17. The van der Waals surface area contributed by atoms with Crippen LogP contribution < -0.4 is 5.32 Å². The number of hydrogen-bond acceptors (Lipinski definition) is 4. The van der Waals surface area contributed by atoms with Crippen molar-refractivity contribution in [2.45, 2.75) is 32.7 Å². The highest BCUT2D eigenvalue weighted by Gasteiger charge is 2.14. The minimum atomic E-state index is 0.228. The Morgan fingerprint density at radius 1 is 1.26 bits per heavy atom. The molecule has 0 amide bonds. The zero-order chi connectivity index (χ0) is 13.7. The number of likely N-dealkylation sites (N-methyl/N-ethyl adjacent to an activating group) is 1. The molecule has 1 unspecified atom stereocenters. The van der Waals surface area contributed by atoms with Crippen molar-refractivity contribution in [3.05, 3.63) is 41.7 Å². The summed E-state index contributed by atoms with van der Waals surface area (Å²) in [5.41, 5.74) is 3.48. The molecular formula is C14H21N5. The van der Waals surface area contributed by atoms with Crippen LogP contribution in [0.15, 0.2) is 24.8 Å². The summed E-state index contributed by atoms with van der Waals surface area (Å²) < 4.78 is 1.97. The monoisotopic (exact) mass is 259 g/mol. The highest BCUT2D eigenvalue weighted by molar-refractivity contribution is 5.17. The number of nitrogens with zero attached hydrogens (tertiary/aromatic N) is 4. The molecule has 0 aliphatic heterocycles. The van der Waals surface area contributed by atoms with Crippen molar-refractivity contribution in [3.8, 4) is 0 Å². The van der Waals surface area contributed by atoms with Crippen molar-refractivity contribution in [2.75, 3.05) is 6.54 Å². The van der Waals surface area contributed by atoms with E-state index in [-0.39, 0.29) is 6.04 Å². The molecule has 0 fully saturated rings. The van der Waals surface area contributed by atoms with E-state index in [4.69, 9.17) is 0 Å². The first kappa shape index (κ1) is 13.7. The van der Waals surface area contributed by atoms with Crippen LogP contribution in [0.1, 0.15) is 36.8 Å². The molecule has 0 bridgehead atoms. The van der Waals surface area contributed by atoms with Gasteiger partial charge in [-0.25, -0.2) is 9.97 Å². The van der Waals surface area contributed by atoms with Crippen LogP contribution in [0, 0.1) is 0 Å². The Balaban J connectivity index is 2.18. The second-order valence-electron chi connectivity index (χ2n) is 4.59. The molecule has 19 heavy (non-hydrogen) atoms. The number of nitrogens with one attached hydrogen (secondary N) is 1. The second kappa shape index (κ2) is 6.43. The fourth-order valence-electron chi connectivity index (χ4n) is 2.19. The fourth-order valence-corrected chi connectivity index (χ4v) is 2.19. The normalized spacial score (nSPS) is 12.6. The lowest BCUT2D eigenvalue weighted by atomic mass is 10.0. The number of rotatable bonds is 6. The van der Waals surface area contributed by atoms with Crippen LogP contribution in [0.3, 0.4) is 0 Å². The van der Waals surface area contributed by atoms with Crippen LogP contribution in [0.25, 0.3) is 0 Å². The average Bonchev–Trinajstić information content (AvgIpc) is 2.80. The smallest absolute Gasteiger partial charge is 0.115 e. The molecule has 0 saturated carbocycles. The molecule has 2 aromatic rings. The first-order valence-corrected chi connectivity index (χ1v) is 6.74. The third-order valence-electron chi connectivity index (χ3n) is 3.24. The van der Waals surface area contributed by atoms with Gasteiger partial charge in [-0.05, 0) is 19.0 Å². The van der Waals surface area contributed by atoms with Crippen molar-refractivity contribution in [1.29, 1.82) is 0 Å². The first-order chi connectivity index (χ1) is 9.24. The molecule has 5 heteroatoms. The zero-order valence-corrected chi connectivity index (χ0v) is 11.8. The van der Waals surface area contributed by atoms with E-state index in [1.807, 2.05) is 24.1 Å². The van der Waals surface area contributed by atoms with Gasteiger partial charge in [0.25, 0.3) is 0 Å². The van der Waals surface area contributed by atoms with Gasteiger partial charge in [0.2, 0.25) is 0 Å². The average molecular weight is 259 g/mol. The Morgan fingerprint density at radius 3 is 2.58 bits per heavy atom. The molecule has 1 atom stereocenters. The predicted octanol–water partition coefficient (Wildman–Crippen LogP) is 1.67. The van der Waals surface area contributed by atoms with E-state index >= 15 is 0 Å². The van der Waals surface area contributed by atoms with Gasteiger partial charge >= 0.3 is 0 Å². The Labute approximate surface area is 114 Å². The van der Waals surface area contributed by atoms with E-state index in [0.717, 1.165) is 30.6 Å². The SMILES string of the molecule is CCNC(Cc1cc(CC)nn1C)c1cncnc1. The fraction of sp³-hybridized carbons (Fsp3) is 0.500. The second-order valence-corrected chi connectivity index (χ2v) is 4.59. The van der Waals surface area contributed by atoms with Crippen molar-refractivity contribution in [3.63, 3.8) is 0 Å². The van der Waals surface area contributed by atoms with E-state index in [1.54, 1.807) is 6.33 Å². The minimum absolute atomic E-state index is 0.228. The Morgan fingerprint density at radius 2 is 2.00 bits per heavy atom. The molecular weight excluding hydrogens is 238 g/mol. The summed E-state index contributed by atoms with van der Waals surface area (Å²) in [4.78, 5) is 8.20. The molecule has 0 aliphatic carbocycles. The van der Waals surface area contributed by atoms with Crippen molar-refractivity contribution >= 4 is 0 Å². The maximum Gasteiger partial charge on any atom is 0.115 e. The summed E-state index contributed by atoms with van der Waals surface area (Å²) in [6.45, 7) is 5.15. The lowest BCUT2D eigenvalue weighted by Crippen LogP contribution is -2.24. The van der Waals surface area contributed by atoms with E-state index in [1.165, 1.54) is 5.69 Å². The lowest BCUT2D eigenvalue weighted by molar-refractivity contribution is 0.525. The van der Waals surface area contributed by atoms with Crippen LogP contribution in [-0.2, 0) is 19.9 Å². The third kappa shape index (κ3) is 3.38. The molecule has 5 nitrogen and oxygen atoms in total. The molecule has 0 radical (unpaired) electrons. The van der Waals surface area contributed by atoms with Gasteiger partial charge in [0.1, 0.15) is 6.33 Å². The highest BCUT2D eigenvalue weighted by Crippen LogP contribution is 2.17.